The summed E-state index contributed by atoms with van der Waals surface area (Å²) in [6.45, 7) is -1.25. The van der Waals surface area contributed by atoms with Crippen LogP contribution >= 0.6 is 11.3 Å². The highest BCUT2D eigenvalue weighted by atomic mass is 32.1. The third-order valence-corrected chi connectivity index (χ3v) is 5.28. The predicted molar refractivity (Wildman–Crippen MR) is 102 cm³/mol. The molecule has 0 radical (unpaired) electrons. The molecule has 154 valence electrons. The van der Waals surface area contributed by atoms with E-state index < -0.39 is 18.4 Å². The number of nitrogens with zero attached hydrogens (tertiary/aromatic N) is 3. The van der Waals surface area contributed by atoms with Gasteiger partial charge in [-0.2, -0.15) is 22.0 Å². The van der Waals surface area contributed by atoms with Gasteiger partial charge >= 0.3 is 12.8 Å². The standard InChI is InChI=1S/C20H12F5N3OS/c1-10-6-12(17-14(7-10)28-16(9-26-17)29-19(21)22)18-27-8-15(30-18)11-4-2-3-5-13(11)20(23,24)25/h2-9,19H,1H3. The number of hydrogen-bond donors (Lipinski definition) is 0. The molecule has 4 rings (SSSR count). The number of rotatable bonds is 4. The van der Waals surface area contributed by atoms with Crippen molar-refractivity contribution >= 4 is 22.4 Å². The van der Waals surface area contributed by atoms with Gasteiger partial charge in [-0.25, -0.2) is 15.0 Å². The van der Waals surface area contributed by atoms with Gasteiger partial charge in [-0.3, -0.25) is 0 Å². The molecule has 2 heterocycles. The number of hydrogen-bond acceptors (Lipinski definition) is 5. The minimum Gasteiger partial charge on any atom is -0.415 e. The Hall–Kier alpha value is -3.14. The van der Waals surface area contributed by atoms with Gasteiger partial charge in [-0.1, -0.05) is 18.2 Å². The topological polar surface area (TPSA) is 47.9 Å². The van der Waals surface area contributed by atoms with Crippen molar-refractivity contribution in [3.63, 3.8) is 0 Å². The molecule has 0 bridgehead atoms. The number of halogens is 5. The Morgan fingerprint density at radius 3 is 2.50 bits per heavy atom. The first-order valence-electron chi connectivity index (χ1n) is 8.57. The fraction of sp³-hybridized carbons (Fsp3) is 0.150. The Balaban J connectivity index is 1.81. The molecule has 0 saturated carbocycles. The third kappa shape index (κ3) is 3.95. The maximum absolute atomic E-state index is 13.4. The fourth-order valence-electron chi connectivity index (χ4n) is 3.03. The lowest BCUT2D eigenvalue weighted by molar-refractivity contribution is -0.137. The number of ether oxygens (including phenoxy) is 1. The van der Waals surface area contributed by atoms with E-state index in [0.29, 0.717) is 26.5 Å². The first-order chi connectivity index (χ1) is 14.2. The third-order valence-electron chi connectivity index (χ3n) is 4.21. The first-order valence-corrected chi connectivity index (χ1v) is 9.39. The average molecular weight is 437 g/mol. The van der Waals surface area contributed by atoms with E-state index >= 15 is 0 Å². The molecular formula is C20H12F5N3OS. The van der Waals surface area contributed by atoms with Gasteiger partial charge in [-0.15, -0.1) is 11.3 Å². The van der Waals surface area contributed by atoms with Crippen molar-refractivity contribution in [2.75, 3.05) is 0 Å². The van der Waals surface area contributed by atoms with E-state index in [1.54, 1.807) is 19.1 Å². The largest absolute Gasteiger partial charge is 0.417 e. The average Bonchev–Trinajstić information content (AvgIpc) is 3.16. The van der Waals surface area contributed by atoms with Crippen molar-refractivity contribution in [2.24, 2.45) is 0 Å². The molecule has 2 aromatic heterocycles. The number of aryl methyl sites for hydroxylation is 1. The fourth-order valence-corrected chi connectivity index (χ4v) is 4.00. The second kappa shape index (κ2) is 7.60. The van der Waals surface area contributed by atoms with E-state index in [1.165, 1.54) is 24.4 Å². The molecule has 0 aliphatic rings. The summed E-state index contributed by atoms with van der Waals surface area (Å²) < 4.78 is 69.2. The van der Waals surface area contributed by atoms with Gasteiger partial charge in [0.25, 0.3) is 0 Å². The van der Waals surface area contributed by atoms with Crippen LogP contribution in [0.4, 0.5) is 22.0 Å². The lowest BCUT2D eigenvalue weighted by Gasteiger charge is -2.10. The zero-order valence-electron chi connectivity index (χ0n) is 15.2. The van der Waals surface area contributed by atoms with Crippen molar-refractivity contribution in [3.05, 3.63) is 59.9 Å². The van der Waals surface area contributed by atoms with Crippen molar-refractivity contribution in [1.29, 1.82) is 0 Å². The van der Waals surface area contributed by atoms with Crippen LogP contribution in [0.25, 0.3) is 32.0 Å². The number of fused-ring (bicyclic) bond motifs is 1. The van der Waals surface area contributed by atoms with Gasteiger partial charge < -0.3 is 4.74 Å². The summed E-state index contributed by atoms with van der Waals surface area (Å²) in [4.78, 5) is 12.8. The quantitative estimate of drug-likeness (QED) is 0.349. The van der Waals surface area contributed by atoms with Crippen LogP contribution in [-0.4, -0.2) is 21.6 Å². The van der Waals surface area contributed by atoms with E-state index in [0.717, 1.165) is 29.2 Å². The molecule has 0 amide bonds. The highest BCUT2D eigenvalue weighted by Crippen LogP contribution is 2.41. The summed E-state index contributed by atoms with van der Waals surface area (Å²) in [5.41, 5.74) is 1.28. The zero-order chi connectivity index (χ0) is 21.5. The number of alkyl halides is 5. The molecule has 4 nitrogen and oxygen atoms in total. The molecule has 0 saturated heterocycles. The smallest absolute Gasteiger partial charge is 0.415 e. The van der Waals surface area contributed by atoms with Gasteiger partial charge in [-0.05, 0) is 30.7 Å². The van der Waals surface area contributed by atoms with E-state index in [2.05, 4.69) is 19.7 Å². The van der Waals surface area contributed by atoms with Crippen molar-refractivity contribution in [2.45, 2.75) is 19.7 Å². The molecule has 0 N–H and O–H groups in total. The Morgan fingerprint density at radius 2 is 1.77 bits per heavy atom. The minimum atomic E-state index is -4.50. The van der Waals surface area contributed by atoms with E-state index in [1.807, 2.05) is 0 Å². The van der Waals surface area contributed by atoms with Gasteiger partial charge in [0.15, 0.2) is 0 Å². The van der Waals surface area contributed by atoms with Gasteiger partial charge in [0.1, 0.15) is 5.01 Å². The molecule has 0 aliphatic heterocycles. The number of aromatic nitrogens is 3. The minimum absolute atomic E-state index is 0.0319. The molecule has 0 unspecified atom stereocenters. The maximum Gasteiger partial charge on any atom is 0.417 e. The Kier molecular flexibility index (Phi) is 5.10. The normalized spacial score (nSPS) is 12.0. The highest BCUT2D eigenvalue weighted by molar-refractivity contribution is 7.18. The van der Waals surface area contributed by atoms with Crippen LogP contribution in [0.2, 0.25) is 0 Å². The molecule has 10 heteroatoms. The molecule has 4 aromatic rings. The zero-order valence-corrected chi connectivity index (χ0v) is 16.1. The monoisotopic (exact) mass is 437 g/mol. The van der Waals surface area contributed by atoms with Gasteiger partial charge in [0, 0.05) is 17.3 Å². The Bertz CT molecular complexity index is 1220. The summed E-state index contributed by atoms with van der Waals surface area (Å²) >= 11 is 1.08. The van der Waals surface area contributed by atoms with Crippen LogP contribution in [0, 0.1) is 6.92 Å². The van der Waals surface area contributed by atoms with Crippen LogP contribution in [0.1, 0.15) is 11.1 Å². The van der Waals surface area contributed by atoms with Crippen molar-refractivity contribution < 1.29 is 26.7 Å². The lowest BCUT2D eigenvalue weighted by Crippen LogP contribution is -2.06. The SMILES string of the molecule is Cc1cc(-c2ncc(-c3ccccc3C(F)(F)F)s2)c2ncc(OC(F)F)nc2c1. The Morgan fingerprint density at radius 1 is 1.00 bits per heavy atom. The molecular weight excluding hydrogens is 425 g/mol. The first kappa shape index (κ1) is 20.1. The molecule has 0 aliphatic carbocycles. The van der Waals surface area contributed by atoms with Crippen molar-refractivity contribution in [1.82, 2.24) is 15.0 Å². The summed E-state index contributed by atoms with van der Waals surface area (Å²) in [6.07, 6.45) is -2.05. The van der Waals surface area contributed by atoms with Gasteiger partial charge in [0.05, 0.1) is 27.7 Å². The molecule has 0 atom stereocenters. The molecule has 2 aromatic carbocycles. The second-order valence-corrected chi connectivity index (χ2v) is 7.37. The van der Waals surface area contributed by atoms with Crippen LogP contribution < -0.4 is 4.74 Å². The maximum atomic E-state index is 13.4. The summed E-state index contributed by atoms with van der Waals surface area (Å²) in [7, 11) is 0. The van der Waals surface area contributed by atoms with Crippen LogP contribution in [0.5, 0.6) is 5.88 Å². The van der Waals surface area contributed by atoms with E-state index in [-0.39, 0.29) is 11.4 Å². The van der Waals surface area contributed by atoms with E-state index in [9.17, 15) is 22.0 Å². The molecule has 0 spiro atoms. The number of thiazole rings is 1. The summed E-state index contributed by atoms with van der Waals surface area (Å²) in [5, 5.41) is 0.438. The van der Waals surface area contributed by atoms with Gasteiger partial charge in [0.2, 0.25) is 5.88 Å². The van der Waals surface area contributed by atoms with Crippen LogP contribution in [-0.2, 0) is 6.18 Å². The van der Waals surface area contributed by atoms with Crippen LogP contribution in [0.3, 0.4) is 0 Å². The molecule has 30 heavy (non-hydrogen) atoms. The van der Waals surface area contributed by atoms with Crippen molar-refractivity contribution in [3.8, 4) is 26.9 Å². The summed E-state index contributed by atoms with van der Waals surface area (Å²) in [6, 6.07) is 8.69. The predicted octanol–water partition coefficient (Wildman–Crippen LogP) is 6.35. The van der Waals surface area contributed by atoms with Crippen LogP contribution in [0.15, 0.2) is 48.8 Å². The summed E-state index contributed by atoms with van der Waals surface area (Å²) in [5.74, 6) is -0.326. The molecule has 0 fully saturated rings. The highest BCUT2D eigenvalue weighted by Gasteiger charge is 2.33. The van der Waals surface area contributed by atoms with E-state index in [4.69, 9.17) is 0 Å². The lowest BCUT2D eigenvalue weighted by atomic mass is 10.1. The Labute approximate surface area is 171 Å². The number of benzene rings is 2. The second-order valence-electron chi connectivity index (χ2n) is 6.34.